The van der Waals surface area contributed by atoms with Crippen LogP contribution in [0, 0.1) is 18.8 Å². The van der Waals surface area contributed by atoms with Crippen LogP contribution in [0.1, 0.15) is 21.7 Å². The molecule has 0 aliphatic carbocycles. The summed E-state index contributed by atoms with van der Waals surface area (Å²) in [5.74, 6) is 5.49. The number of nitrogens with one attached hydrogen (secondary N) is 1. The number of rotatable bonds is 2. The van der Waals surface area contributed by atoms with Crippen molar-refractivity contribution in [2.45, 2.75) is 6.92 Å². The molecule has 0 aliphatic heterocycles. The summed E-state index contributed by atoms with van der Waals surface area (Å²) in [6, 6.07) is 4.76. The van der Waals surface area contributed by atoms with Gasteiger partial charge in [-0.15, -0.1) is 0 Å². The van der Waals surface area contributed by atoms with Crippen molar-refractivity contribution in [1.82, 2.24) is 9.36 Å². The fourth-order valence-electron chi connectivity index (χ4n) is 1.41. The maximum Gasteiger partial charge on any atom is 0.257 e. The number of hydrogen-bond acceptors (Lipinski definition) is 5. The van der Waals surface area contributed by atoms with Gasteiger partial charge in [-0.3, -0.25) is 10.1 Å². The Morgan fingerprint density at radius 1 is 1.55 bits per heavy atom. The van der Waals surface area contributed by atoms with Gasteiger partial charge in [0.15, 0.2) is 0 Å². The van der Waals surface area contributed by atoms with Crippen LogP contribution in [0.15, 0.2) is 18.2 Å². The second kappa shape index (κ2) is 6.48. The molecule has 0 bridgehead atoms. The molecule has 1 aromatic heterocycles. The van der Waals surface area contributed by atoms with Gasteiger partial charge in [0.2, 0.25) is 5.13 Å². The fourth-order valence-corrected chi connectivity index (χ4v) is 2.21. The standard InChI is InChI=1S/C13H10ClN3O2S/c1-8-15-13(20-17-8)16-12(19)10-5-4-9(3-2-6-18)11(14)7-10/h4-5,7,18H,6H2,1H3,(H,15,16,17,19). The lowest BCUT2D eigenvalue weighted by Crippen LogP contribution is -2.11. The molecule has 0 radical (unpaired) electrons. The number of nitrogens with zero attached hydrogens (tertiary/aromatic N) is 2. The molecule has 0 spiro atoms. The third-order valence-electron chi connectivity index (χ3n) is 2.28. The number of aliphatic hydroxyl groups is 1. The molecule has 1 heterocycles. The lowest BCUT2D eigenvalue weighted by molar-refractivity contribution is 0.102. The van der Waals surface area contributed by atoms with Crippen molar-refractivity contribution in [3.05, 3.63) is 40.2 Å². The van der Waals surface area contributed by atoms with Crippen LogP contribution in [0.5, 0.6) is 0 Å². The Morgan fingerprint density at radius 3 is 2.95 bits per heavy atom. The molecule has 0 fully saturated rings. The Labute approximate surface area is 124 Å². The summed E-state index contributed by atoms with van der Waals surface area (Å²) >= 11 is 7.14. The van der Waals surface area contributed by atoms with Crippen LogP contribution in [0.4, 0.5) is 5.13 Å². The van der Waals surface area contributed by atoms with E-state index in [4.69, 9.17) is 16.7 Å². The molecular weight excluding hydrogens is 298 g/mol. The maximum absolute atomic E-state index is 12.0. The van der Waals surface area contributed by atoms with E-state index in [1.165, 1.54) is 6.07 Å². The van der Waals surface area contributed by atoms with Gasteiger partial charge in [-0.05, 0) is 25.1 Å². The van der Waals surface area contributed by atoms with Crippen LogP contribution in [0.3, 0.4) is 0 Å². The molecule has 0 aliphatic rings. The monoisotopic (exact) mass is 307 g/mol. The first kappa shape index (κ1) is 14.5. The average Bonchev–Trinajstić information content (AvgIpc) is 2.82. The van der Waals surface area contributed by atoms with Crippen LogP contribution in [0.25, 0.3) is 0 Å². The summed E-state index contributed by atoms with van der Waals surface area (Å²) < 4.78 is 3.98. The molecule has 1 amide bonds. The van der Waals surface area contributed by atoms with Crippen molar-refractivity contribution >= 4 is 34.2 Å². The second-order valence-electron chi connectivity index (χ2n) is 3.76. The van der Waals surface area contributed by atoms with Crippen LogP contribution >= 0.6 is 23.1 Å². The van der Waals surface area contributed by atoms with Crippen molar-refractivity contribution in [2.24, 2.45) is 0 Å². The van der Waals surface area contributed by atoms with Gasteiger partial charge in [-0.2, -0.15) is 4.37 Å². The zero-order valence-electron chi connectivity index (χ0n) is 10.5. The Kier molecular flexibility index (Phi) is 4.69. The Morgan fingerprint density at radius 2 is 2.35 bits per heavy atom. The van der Waals surface area contributed by atoms with Crippen molar-refractivity contribution < 1.29 is 9.90 Å². The minimum absolute atomic E-state index is 0.241. The molecule has 7 heteroatoms. The molecule has 2 rings (SSSR count). The summed E-state index contributed by atoms with van der Waals surface area (Å²) in [6.45, 7) is 1.51. The number of aliphatic hydroxyl groups excluding tert-OH is 1. The SMILES string of the molecule is Cc1nsc(NC(=O)c2ccc(C#CCO)c(Cl)c2)n1. The second-order valence-corrected chi connectivity index (χ2v) is 4.91. The predicted octanol–water partition coefficient (Wildman–Crippen LogP) is 2.10. The average molecular weight is 308 g/mol. The Hall–Kier alpha value is -1.94. The largest absolute Gasteiger partial charge is 0.384 e. The third-order valence-corrected chi connectivity index (χ3v) is 3.32. The quantitative estimate of drug-likeness (QED) is 0.833. The third kappa shape index (κ3) is 3.54. The first-order valence-corrected chi connectivity index (χ1v) is 6.76. The lowest BCUT2D eigenvalue weighted by atomic mass is 10.1. The van der Waals surface area contributed by atoms with E-state index in [9.17, 15) is 4.79 Å². The van der Waals surface area contributed by atoms with E-state index >= 15 is 0 Å². The smallest absolute Gasteiger partial charge is 0.257 e. The molecule has 2 N–H and O–H groups in total. The Balaban J connectivity index is 2.16. The minimum atomic E-state index is -0.315. The maximum atomic E-state index is 12.0. The van der Waals surface area contributed by atoms with Gasteiger partial charge in [0.05, 0.1) is 5.02 Å². The zero-order valence-corrected chi connectivity index (χ0v) is 12.0. The van der Waals surface area contributed by atoms with Crippen LogP contribution in [-0.2, 0) is 0 Å². The molecule has 0 atom stereocenters. The molecule has 0 saturated carbocycles. The number of aryl methyl sites for hydroxylation is 1. The van der Waals surface area contributed by atoms with Crippen LogP contribution in [0.2, 0.25) is 5.02 Å². The fraction of sp³-hybridized carbons (Fsp3) is 0.154. The molecule has 2 aromatic rings. The number of benzene rings is 1. The predicted molar refractivity (Wildman–Crippen MR) is 78.0 cm³/mol. The summed E-state index contributed by atoms with van der Waals surface area (Å²) in [4.78, 5) is 16.0. The lowest BCUT2D eigenvalue weighted by Gasteiger charge is -2.03. The molecule has 0 unspecified atom stereocenters. The minimum Gasteiger partial charge on any atom is -0.384 e. The highest BCUT2D eigenvalue weighted by molar-refractivity contribution is 7.09. The molecule has 20 heavy (non-hydrogen) atoms. The first-order valence-electron chi connectivity index (χ1n) is 5.61. The van der Waals surface area contributed by atoms with E-state index in [1.807, 2.05) is 0 Å². The number of amides is 1. The van der Waals surface area contributed by atoms with Gasteiger partial charge < -0.3 is 5.11 Å². The molecule has 1 aromatic carbocycles. The van der Waals surface area contributed by atoms with Crippen molar-refractivity contribution in [1.29, 1.82) is 0 Å². The van der Waals surface area contributed by atoms with Crippen molar-refractivity contribution in [3.63, 3.8) is 0 Å². The van der Waals surface area contributed by atoms with Gasteiger partial charge >= 0.3 is 0 Å². The molecule has 102 valence electrons. The number of halogens is 1. The number of hydrogen-bond donors (Lipinski definition) is 2. The highest BCUT2D eigenvalue weighted by Gasteiger charge is 2.10. The molecular formula is C13H10ClN3O2S. The van der Waals surface area contributed by atoms with Gasteiger partial charge in [0.1, 0.15) is 12.4 Å². The van der Waals surface area contributed by atoms with Crippen LogP contribution in [-0.4, -0.2) is 27.0 Å². The Bertz CT molecular complexity index is 703. The molecule has 0 saturated heterocycles. The van der Waals surface area contributed by atoms with Gasteiger partial charge in [0.25, 0.3) is 5.91 Å². The van der Waals surface area contributed by atoms with Gasteiger partial charge in [-0.1, -0.05) is 23.4 Å². The van der Waals surface area contributed by atoms with E-state index in [0.717, 1.165) is 11.5 Å². The summed E-state index contributed by atoms with van der Waals surface area (Å²) in [6.07, 6.45) is 0. The number of aromatic nitrogens is 2. The summed E-state index contributed by atoms with van der Waals surface area (Å²) in [7, 11) is 0. The van der Waals surface area contributed by atoms with E-state index in [1.54, 1.807) is 19.1 Å². The van der Waals surface area contributed by atoms with Crippen LogP contribution < -0.4 is 5.32 Å². The van der Waals surface area contributed by atoms with Crippen molar-refractivity contribution in [3.8, 4) is 11.8 Å². The normalized spacial score (nSPS) is 9.75. The summed E-state index contributed by atoms with van der Waals surface area (Å²) in [5.41, 5.74) is 0.960. The highest BCUT2D eigenvalue weighted by atomic mass is 35.5. The molecule has 5 nitrogen and oxygen atoms in total. The van der Waals surface area contributed by atoms with E-state index < -0.39 is 0 Å². The topological polar surface area (TPSA) is 75.1 Å². The highest BCUT2D eigenvalue weighted by Crippen LogP contribution is 2.18. The van der Waals surface area contributed by atoms with E-state index in [2.05, 4.69) is 26.5 Å². The van der Waals surface area contributed by atoms with Gasteiger partial charge in [0, 0.05) is 22.7 Å². The van der Waals surface area contributed by atoms with Gasteiger partial charge in [-0.25, -0.2) is 4.98 Å². The van der Waals surface area contributed by atoms with Crippen molar-refractivity contribution in [2.75, 3.05) is 11.9 Å². The number of anilines is 1. The van der Waals surface area contributed by atoms with E-state index in [0.29, 0.717) is 27.1 Å². The zero-order chi connectivity index (χ0) is 14.5. The number of carbonyl (C=O) groups is 1. The van der Waals surface area contributed by atoms with E-state index in [-0.39, 0.29) is 12.5 Å². The summed E-state index contributed by atoms with van der Waals surface area (Å²) in [5, 5.41) is 12.1. The number of carbonyl (C=O) groups excluding carboxylic acids is 1. The first-order chi connectivity index (χ1) is 9.60.